The van der Waals surface area contributed by atoms with Crippen LogP contribution in [0.4, 0.5) is 0 Å². The van der Waals surface area contributed by atoms with Gasteiger partial charge in [0.25, 0.3) is 0 Å². The molecule has 3 unspecified atom stereocenters. The molecule has 2 rings (SSSR count). The number of hydrogen-bond donors (Lipinski definition) is 7. The first-order chi connectivity index (χ1) is 15.1. The Morgan fingerprint density at radius 1 is 1.09 bits per heavy atom. The molecule has 12 heteroatoms. The van der Waals surface area contributed by atoms with E-state index in [1.54, 1.807) is 6.20 Å². The molecule has 0 radical (unpaired) electrons. The van der Waals surface area contributed by atoms with Gasteiger partial charge in [-0.2, -0.15) is 0 Å². The van der Waals surface area contributed by atoms with Gasteiger partial charge in [-0.05, 0) is 25.0 Å². The highest BCUT2D eigenvalue weighted by Crippen LogP contribution is 2.18. The summed E-state index contributed by atoms with van der Waals surface area (Å²) in [6, 6.07) is 3.96. The van der Waals surface area contributed by atoms with Gasteiger partial charge in [-0.3, -0.25) is 24.0 Å². The fourth-order valence-electron chi connectivity index (χ4n) is 2.96. The van der Waals surface area contributed by atoms with Crippen molar-refractivity contribution in [1.29, 1.82) is 0 Å². The Labute approximate surface area is 183 Å². The monoisotopic (exact) mass is 446 g/mol. The lowest BCUT2D eigenvalue weighted by molar-refractivity contribution is -0.141. The smallest absolute Gasteiger partial charge is 0.325 e. The van der Waals surface area contributed by atoms with Gasteiger partial charge in [-0.1, -0.05) is 18.2 Å². The summed E-state index contributed by atoms with van der Waals surface area (Å²) in [4.78, 5) is 61.8. The number of rotatable bonds is 11. The Hall–Kier alpha value is -3.93. The normalized spacial score (nSPS) is 13.6. The Morgan fingerprint density at radius 3 is 2.44 bits per heavy atom. The number of fused-ring (bicyclic) bond motifs is 1. The lowest BCUT2D eigenvalue weighted by Gasteiger charge is -2.20. The molecule has 0 aliphatic rings. The summed E-state index contributed by atoms with van der Waals surface area (Å²) >= 11 is 0. The minimum Gasteiger partial charge on any atom is -0.480 e. The van der Waals surface area contributed by atoms with E-state index in [1.165, 1.54) is 6.92 Å². The molecule has 0 bridgehead atoms. The molecule has 9 N–H and O–H groups in total. The zero-order valence-electron chi connectivity index (χ0n) is 17.4. The number of hydrogen-bond acceptors (Lipinski definition) is 6. The van der Waals surface area contributed by atoms with Crippen LogP contribution in [0, 0.1) is 0 Å². The number of aromatic nitrogens is 1. The fourth-order valence-corrected chi connectivity index (χ4v) is 2.96. The molecule has 172 valence electrons. The van der Waals surface area contributed by atoms with Crippen molar-refractivity contribution in [2.24, 2.45) is 11.5 Å². The van der Waals surface area contributed by atoms with E-state index in [2.05, 4.69) is 20.9 Å². The van der Waals surface area contributed by atoms with Crippen molar-refractivity contribution in [2.75, 3.05) is 6.54 Å². The maximum Gasteiger partial charge on any atom is 0.325 e. The van der Waals surface area contributed by atoms with Gasteiger partial charge in [0.2, 0.25) is 23.6 Å². The molecular formula is C20H26N6O6. The lowest BCUT2D eigenvalue weighted by Crippen LogP contribution is -2.54. The van der Waals surface area contributed by atoms with Crippen molar-refractivity contribution >= 4 is 40.5 Å². The van der Waals surface area contributed by atoms with E-state index >= 15 is 0 Å². The first-order valence-corrected chi connectivity index (χ1v) is 9.77. The zero-order chi connectivity index (χ0) is 23.8. The number of carbonyl (C=O) groups excluding carboxylic acids is 4. The topological polar surface area (TPSA) is 209 Å². The van der Waals surface area contributed by atoms with Gasteiger partial charge in [0.15, 0.2) is 0 Å². The summed E-state index contributed by atoms with van der Waals surface area (Å²) in [5.41, 5.74) is 12.8. The second kappa shape index (κ2) is 10.9. The van der Waals surface area contributed by atoms with E-state index in [1.807, 2.05) is 24.3 Å². The molecule has 4 amide bonds. The van der Waals surface area contributed by atoms with E-state index in [0.29, 0.717) is 0 Å². The number of carbonyl (C=O) groups is 5. The van der Waals surface area contributed by atoms with Crippen LogP contribution in [0.5, 0.6) is 0 Å². The molecule has 32 heavy (non-hydrogen) atoms. The molecule has 1 heterocycles. The third-order valence-corrected chi connectivity index (χ3v) is 4.66. The van der Waals surface area contributed by atoms with Crippen molar-refractivity contribution < 1.29 is 29.1 Å². The van der Waals surface area contributed by atoms with E-state index in [-0.39, 0.29) is 6.42 Å². The number of carboxylic acid groups (broad SMARTS) is 1. The van der Waals surface area contributed by atoms with Gasteiger partial charge < -0.3 is 37.5 Å². The van der Waals surface area contributed by atoms with E-state index < -0.39 is 60.7 Å². The Bertz CT molecular complexity index is 1020. The average Bonchev–Trinajstić information content (AvgIpc) is 3.13. The largest absolute Gasteiger partial charge is 0.480 e. The lowest BCUT2D eigenvalue weighted by atomic mass is 10.0. The van der Waals surface area contributed by atoms with Gasteiger partial charge >= 0.3 is 5.97 Å². The molecule has 0 fully saturated rings. The van der Waals surface area contributed by atoms with Gasteiger partial charge in [-0.25, -0.2) is 0 Å². The summed E-state index contributed by atoms with van der Waals surface area (Å²) in [6.45, 7) is 0.705. The summed E-state index contributed by atoms with van der Waals surface area (Å²) in [7, 11) is 0. The maximum absolute atomic E-state index is 12.5. The number of benzene rings is 1. The quantitative estimate of drug-likeness (QED) is 0.208. The second-order valence-electron chi connectivity index (χ2n) is 7.25. The fraction of sp³-hybridized carbons (Fsp3) is 0.350. The summed E-state index contributed by atoms with van der Waals surface area (Å²) in [5, 5.41) is 16.5. The predicted molar refractivity (Wildman–Crippen MR) is 114 cm³/mol. The molecule has 3 atom stereocenters. The first-order valence-electron chi connectivity index (χ1n) is 9.77. The van der Waals surface area contributed by atoms with Gasteiger partial charge in [-0.15, -0.1) is 0 Å². The number of H-pyrrole nitrogens is 1. The van der Waals surface area contributed by atoms with Crippen molar-refractivity contribution in [3.05, 3.63) is 36.0 Å². The molecule has 0 spiro atoms. The standard InChI is InChI=1S/C20H26N6O6/c1-10(20(31)32)25-17(28)9-24-19(30)15(7-16(22)27)26-18(29)13(21)6-11-8-23-14-5-3-2-4-12(11)14/h2-5,8,10,13,15,23H,6-7,9,21H2,1H3,(H2,22,27)(H,24,30)(H,25,28)(H,26,29)(H,31,32). The highest BCUT2D eigenvalue weighted by molar-refractivity contribution is 5.95. The first kappa shape index (κ1) is 24.3. The van der Waals surface area contributed by atoms with Crippen LogP contribution >= 0.6 is 0 Å². The second-order valence-corrected chi connectivity index (χ2v) is 7.25. The minimum absolute atomic E-state index is 0.177. The molecule has 2 aromatic rings. The summed E-state index contributed by atoms with van der Waals surface area (Å²) in [6.07, 6.45) is 1.41. The number of para-hydroxylation sites is 1. The van der Waals surface area contributed by atoms with Crippen LogP contribution in [0.2, 0.25) is 0 Å². The van der Waals surface area contributed by atoms with Gasteiger partial charge in [0, 0.05) is 17.1 Å². The van der Waals surface area contributed by atoms with Crippen LogP contribution in [0.25, 0.3) is 10.9 Å². The number of nitrogens with one attached hydrogen (secondary N) is 4. The van der Waals surface area contributed by atoms with Gasteiger partial charge in [0.1, 0.15) is 12.1 Å². The molecular weight excluding hydrogens is 420 g/mol. The number of nitrogens with two attached hydrogens (primary N) is 2. The molecule has 1 aromatic heterocycles. The number of amides is 4. The third-order valence-electron chi connectivity index (χ3n) is 4.66. The molecule has 12 nitrogen and oxygen atoms in total. The predicted octanol–water partition coefficient (Wildman–Crippen LogP) is -1.90. The van der Waals surface area contributed by atoms with E-state index in [4.69, 9.17) is 16.6 Å². The number of aromatic amines is 1. The molecule has 0 aliphatic heterocycles. The molecule has 1 aromatic carbocycles. The van der Waals surface area contributed by atoms with Crippen molar-refractivity contribution in [3.63, 3.8) is 0 Å². The average molecular weight is 446 g/mol. The summed E-state index contributed by atoms with van der Waals surface area (Å²) < 4.78 is 0. The highest BCUT2D eigenvalue weighted by Gasteiger charge is 2.26. The minimum atomic E-state index is -1.35. The van der Waals surface area contributed by atoms with Crippen LogP contribution in [-0.4, -0.2) is 64.4 Å². The SMILES string of the molecule is CC(NC(=O)CNC(=O)C(CC(N)=O)NC(=O)C(N)Cc1c[nH]c2ccccc12)C(=O)O. The number of carboxylic acids is 1. The molecule has 0 saturated carbocycles. The van der Waals surface area contributed by atoms with Crippen LogP contribution in [0.15, 0.2) is 30.5 Å². The van der Waals surface area contributed by atoms with Crippen molar-refractivity contribution in [2.45, 2.75) is 37.9 Å². The van der Waals surface area contributed by atoms with Crippen LogP contribution < -0.4 is 27.4 Å². The summed E-state index contributed by atoms with van der Waals surface area (Å²) in [5.74, 6) is -4.36. The van der Waals surface area contributed by atoms with Crippen LogP contribution in [0.3, 0.4) is 0 Å². The maximum atomic E-state index is 12.5. The number of aliphatic carboxylic acids is 1. The van der Waals surface area contributed by atoms with Crippen LogP contribution in [0.1, 0.15) is 18.9 Å². The van der Waals surface area contributed by atoms with Crippen molar-refractivity contribution in [3.8, 4) is 0 Å². The number of primary amides is 1. The zero-order valence-corrected chi connectivity index (χ0v) is 17.4. The molecule has 0 aliphatic carbocycles. The van der Waals surface area contributed by atoms with E-state index in [0.717, 1.165) is 16.5 Å². The van der Waals surface area contributed by atoms with Crippen molar-refractivity contribution in [1.82, 2.24) is 20.9 Å². The Balaban J connectivity index is 1.96. The van der Waals surface area contributed by atoms with Crippen LogP contribution in [-0.2, 0) is 30.4 Å². The van der Waals surface area contributed by atoms with E-state index in [9.17, 15) is 24.0 Å². The Morgan fingerprint density at radius 2 is 1.78 bits per heavy atom. The van der Waals surface area contributed by atoms with Gasteiger partial charge in [0.05, 0.1) is 19.0 Å². The Kier molecular flexibility index (Phi) is 8.30. The highest BCUT2D eigenvalue weighted by atomic mass is 16.4. The molecule has 0 saturated heterocycles. The third kappa shape index (κ3) is 6.80.